The van der Waals surface area contributed by atoms with Crippen molar-refractivity contribution in [3.63, 3.8) is 0 Å². The highest BCUT2D eigenvalue weighted by Gasteiger charge is 2.29. The van der Waals surface area contributed by atoms with Gasteiger partial charge in [0.2, 0.25) is 10.0 Å². The Morgan fingerprint density at radius 2 is 1.95 bits per heavy atom. The normalized spacial score (nSPS) is 14.1. The molecule has 0 bridgehead atoms. The highest BCUT2D eigenvalue weighted by atomic mass is 35.5. The number of sulfonamides is 1. The zero-order valence-corrected chi connectivity index (χ0v) is 13.9. The number of rotatable bonds is 5. The molecule has 6 heteroatoms. The van der Waals surface area contributed by atoms with Crippen molar-refractivity contribution in [2.75, 3.05) is 12.4 Å². The van der Waals surface area contributed by atoms with E-state index < -0.39 is 10.0 Å². The molecule has 0 aliphatic rings. The van der Waals surface area contributed by atoms with E-state index in [2.05, 4.69) is 0 Å². The Morgan fingerprint density at radius 1 is 1.35 bits per heavy atom. The zero-order chi connectivity index (χ0) is 15.6. The van der Waals surface area contributed by atoms with Crippen LogP contribution in [0.1, 0.15) is 26.3 Å². The molecule has 0 aromatic heterocycles. The topological polar surface area (TPSA) is 69.4 Å². The molecule has 20 heavy (non-hydrogen) atoms. The minimum absolute atomic E-state index is 0.111. The molecular weight excluding hydrogens is 298 g/mol. The Morgan fingerprint density at radius 3 is 2.45 bits per heavy atom. The third-order valence-corrected chi connectivity index (χ3v) is 4.36. The summed E-state index contributed by atoms with van der Waals surface area (Å²) in [5.41, 5.74) is 0.797. The number of hydrogen-bond acceptors (Lipinski definition) is 3. The van der Waals surface area contributed by atoms with Crippen LogP contribution in [0.5, 0.6) is 5.75 Å². The number of benzene rings is 1. The first-order valence-corrected chi connectivity index (χ1v) is 8.48. The Balaban J connectivity index is 2.84. The molecule has 0 heterocycles. The molecule has 1 atom stereocenters. The predicted octanol–water partition coefficient (Wildman–Crippen LogP) is 2.98. The summed E-state index contributed by atoms with van der Waals surface area (Å²) in [6.07, 6.45) is 0. The fourth-order valence-electron chi connectivity index (χ4n) is 1.74. The second kappa shape index (κ2) is 6.33. The second-order valence-electron chi connectivity index (χ2n) is 6.14. The molecular formula is C14H22ClNO3S. The summed E-state index contributed by atoms with van der Waals surface area (Å²) >= 11 is 6.06. The van der Waals surface area contributed by atoms with Gasteiger partial charge in [0.25, 0.3) is 0 Å². The van der Waals surface area contributed by atoms with Gasteiger partial charge in [-0.05, 0) is 30.0 Å². The molecule has 1 rings (SSSR count). The lowest BCUT2D eigenvalue weighted by Gasteiger charge is -2.30. The lowest BCUT2D eigenvalue weighted by Crippen LogP contribution is -2.35. The lowest BCUT2D eigenvalue weighted by atomic mass is 9.82. The van der Waals surface area contributed by atoms with E-state index in [4.69, 9.17) is 21.5 Å². The molecule has 2 N–H and O–H groups in total. The maximum absolute atomic E-state index is 11.3. The van der Waals surface area contributed by atoms with Gasteiger partial charge < -0.3 is 4.74 Å². The minimum atomic E-state index is -3.54. The Bertz CT molecular complexity index is 564. The van der Waals surface area contributed by atoms with Gasteiger partial charge in [-0.15, -0.1) is 0 Å². The van der Waals surface area contributed by atoms with E-state index in [1.54, 1.807) is 6.07 Å². The van der Waals surface area contributed by atoms with Crippen LogP contribution in [0.2, 0.25) is 5.02 Å². The highest BCUT2D eigenvalue weighted by Crippen LogP contribution is 2.30. The highest BCUT2D eigenvalue weighted by molar-refractivity contribution is 7.89. The SMILES string of the molecule is Cc1ccc(Cl)c(OCC(CS(N)(=O)=O)C(C)(C)C)c1. The summed E-state index contributed by atoms with van der Waals surface area (Å²) in [5, 5.41) is 5.66. The fourth-order valence-corrected chi connectivity index (χ4v) is 3.07. The molecule has 0 saturated heterocycles. The summed E-state index contributed by atoms with van der Waals surface area (Å²) < 4.78 is 28.3. The van der Waals surface area contributed by atoms with Crippen LogP contribution >= 0.6 is 11.6 Å². The van der Waals surface area contributed by atoms with Crippen LogP contribution in [0.3, 0.4) is 0 Å². The van der Waals surface area contributed by atoms with Crippen LogP contribution in [0.25, 0.3) is 0 Å². The maximum atomic E-state index is 11.3. The van der Waals surface area contributed by atoms with Gasteiger partial charge in [-0.3, -0.25) is 0 Å². The third-order valence-electron chi connectivity index (χ3n) is 3.18. The van der Waals surface area contributed by atoms with Gasteiger partial charge in [0.1, 0.15) is 5.75 Å². The van der Waals surface area contributed by atoms with Gasteiger partial charge in [-0.25, -0.2) is 13.6 Å². The average Bonchev–Trinajstić information content (AvgIpc) is 2.25. The van der Waals surface area contributed by atoms with Crippen molar-refractivity contribution < 1.29 is 13.2 Å². The van der Waals surface area contributed by atoms with Crippen LogP contribution < -0.4 is 9.88 Å². The molecule has 1 aromatic rings. The second-order valence-corrected chi connectivity index (χ2v) is 8.20. The number of ether oxygens (including phenoxy) is 1. The molecule has 0 aliphatic heterocycles. The molecule has 0 radical (unpaired) electrons. The van der Waals surface area contributed by atoms with E-state index in [-0.39, 0.29) is 23.7 Å². The third kappa shape index (κ3) is 5.69. The number of aryl methyl sites for hydroxylation is 1. The van der Waals surface area contributed by atoms with Crippen molar-refractivity contribution in [1.29, 1.82) is 0 Å². The predicted molar refractivity (Wildman–Crippen MR) is 82.6 cm³/mol. The maximum Gasteiger partial charge on any atom is 0.209 e. The van der Waals surface area contributed by atoms with Crippen molar-refractivity contribution in [3.05, 3.63) is 28.8 Å². The first-order valence-electron chi connectivity index (χ1n) is 6.38. The van der Waals surface area contributed by atoms with E-state index in [9.17, 15) is 8.42 Å². The van der Waals surface area contributed by atoms with Gasteiger partial charge in [0, 0.05) is 5.92 Å². The van der Waals surface area contributed by atoms with Crippen molar-refractivity contribution in [2.45, 2.75) is 27.7 Å². The molecule has 0 spiro atoms. The molecule has 0 saturated carbocycles. The van der Waals surface area contributed by atoms with E-state index in [0.717, 1.165) is 5.56 Å². The molecule has 0 aliphatic carbocycles. The van der Waals surface area contributed by atoms with Gasteiger partial charge in [0.15, 0.2) is 0 Å². The van der Waals surface area contributed by atoms with Crippen LogP contribution in [0.4, 0.5) is 0 Å². The van der Waals surface area contributed by atoms with E-state index >= 15 is 0 Å². The Kier molecular flexibility index (Phi) is 5.46. The van der Waals surface area contributed by atoms with Crippen LogP contribution in [0.15, 0.2) is 18.2 Å². The largest absolute Gasteiger partial charge is 0.492 e. The van der Waals surface area contributed by atoms with Crippen LogP contribution in [0, 0.1) is 18.3 Å². The lowest BCUT2D eigenvalue weighted by molar-refractivity contribution is 0.163. The van der Waals surface area contributed by atoms with Crippen LogP contribution in [-0.2, 0) is 10.0 Å². The van der Waals surface area contributed by atoms with Crippen molar-refractivity contribution in [1.82, 2.24) is 0 Å². The van der Waals surface area contributed by atoms with E-state index in [0.29, 0.717) is 10.8 Å². The Hall–Kier alpha value is -0.780. The quantitative estimate of drug-likeness (QED) is 0.907. The number of primary sulfonamides is 1. The summed E-state index contributed by atoms with van der Waals surface area (Å²) in [6.45, 7) is 8.08. The smallest absolute Gasteiger partial charge is 0.209 e. The number of halogens is 1. The number of nitrogens with two attached hydrogens (primary N) is 1. The van der Waals surface area contributed by atoms with E-state index in [1.165, 1.54) is 0 Å². The fraction of sp³-hybridized carbons (Fsp3) is 0.571. The summed E-state index contributed by atoms with van der Waals surface area (Å²) in [4.78, 5) is 0. The molecule has 4 nitrogen and oxygen atoms in total. The van der Waals surface area contributed by atoms with Gasteiger partial charge in [-0.1, -0.05) is 38.4 Å². The van der Waals surface area contributed by atoms with E-state index in [1.807, 2.05) is 39.8 Å². The average molecular weight is 320 g/mol. The zero-order valence-electron chi connectivity index (χ0n) is 12.3. The van der Waals surface area contributed by atoms with Crippen molar-refractivity contribution in [3.8, 4) is 5.75 Å². The van der Waals surface area contributed by atoms with Crippen molar-refractivity contribution in [2.24, 2.45) is 16.5 Å². The molecule has 1 aromatic carbocycles. The minimum Gasteiger partial charge on any atom is -0.492 e. The summed E-state index contributed by atoms with van der Waals surface area (Å²) in [6, 6.07) is 5.48. The monoisotopic (exact) mass is 319 g/mol. The summed E-state index contributed by atoms with van der Waals surface area (Å²) in [5.74, 6) is 0.240. The van der Waals surface area contributed by atoms with Gasteiger partial charge >= 0.3 is 0 Å². The van der Waals surface area contributed by atoms with Gasteiger partial charge in [-0.2, -0.15) is 0 Å². The standard InChI is InChI=1S/C14H22ClNO3S/c1-10-5-6-12(15)13(7-10)19-8-11(14(2,3)4)9-20(16,17)18/h5-7,11H,8-9H2,1-4H3,(H2,16,17,18). The molecule has 114 valence electrons. The number of hydrogen-bond donors (Lipinski definition) is 1. The van der Waals surface area contributed by atoms with Crippen molar-refractivity contribution >= 4 is 21.6 Å². The molecule has 0 amide bonds. The molecule has 0 fully saturated rings. The van der Waals surface area contributed by atoms with Gasteiger partial charge in [0.05, 0.1) is 17.4 Å². The van der Waals surface area contributed by atoms with Crippen LogP contribution in [-0.4, -0.2) is 20.8 Å². The summed E-state index contributed by atoms with van der Waals surface area (Å²) in [7, 11) is -3.54. The Labute approximate surface area is 126 Å². The first-order chi connectivity index (χ1) is 8.99. The first kappa shape index (κ1) is 17.3. The molecule has 1 unspecified atom stereocenters.